The molecular formula is C48H78N4O25S. The van der Waals surface area contributed by atoms with Crippen molar-refractivity contribution in [2.75, 3.05) is 33.0 Å². The molecule has 4 aliphatic rings. The van der Waals surface area contributed by atoms with Crippen molar-refractivity contribution in [2.45, 2.75) is 208 Å². The first-order chi connectivity index (χ1) is 37.0. The summed E-state index contributed by atoms with van der Waals surface area (Å²) in [4.78, 5) is 51.1. The summed E-state index contributed by atoms with van der Waals surface area (Å²) < 4.78 is 84.0. The predicted molar refractivity (Wildman–Crippen MR) is 264 cm³/mol. The maximum atomic E-state index is 13.8. The molecule has 30 heteroatoms. The van der Waals surface area contributed by atoms with Crippen molar-refractivity contribution < 1.29 is 120 Å². The third kappa shape index (κ3) is 18.1. The zero-order valence-corrected chi connectivity index (χ0v) is 44.6. The highest BCUT2D eigenvalue weighted by Crippen LogP contribution is 2.35. The van der Waals surface area contributed by atoms with Crippen molar-refractivity contribution >= 4 is 34.0 Å². The Hall–Kier alpha value is -3.87. The maximum absolute atomic E-state index is 13.8. The molecule has 20 atom stereocenters. The van der Waals surface area contributed by atoms with Gasteiger partial charge in [-0.05, 0) is 24.6 Å². The number of carbonyl (C=O) groups is 4. The van der Waals surface area contributed by atoms with Gasteiger partial charge in [0.1, 0.15) is 103 Å². The third-order valence-electron chi connectivity index (χ3n) is 13.6. The van der Waals surface area contributed by atoms with Crippen LogP contribution in [0.1, 0.15) is 95.8 Å². The van der Waals surface area contributed by atoms with Gasteiger partial charge in [0, 0.05) is 26.3 Å². The molecule has 4 fully saturated rings. The first kappa shape index (κ1) is 64.9. The summed E-state index contributed by atoms with van der Waals surface area (Å²) in [5, 5.41) is 109. The summed E-state index contributed by atoms with van der Waals surface area (Å²) in [6.45, 7) is 1.68. The fourth-order valence-electron chi connectivity index (χ4n) is 9.64. The number of unbranched alkanes of at least 4 members (excludes halogenated alkanes) is 8. The van der Waals surface area contributed by atoms with Gasteiger partial charge in [0.15, 0.2) is 25.2 Å². The van der Waals surface area contributed by atoms with Crippen LogP contribution in [0.4, 0.5) is 0 Å². The third-order valence-corrected chi connectivity index (χ3v) is 14.0. The minimum atomic E-state index is -5.16. The first-order valence-electron chi connectivity index (χ1n) is 26.0. The molecule has 4 amide bonds. The van der Waals surface area contributed by atoms with E-state index in [-0.39, 0.29) is 5.56 Å². The Bertz CT molecular complexity index is 2170. The fraction of sp³-hybridized carbons (Fsp3) is 0.792. The minimum Gasteiger partial charge on any atom is -0.494 e. The number of rotatable bonds is 28. The van der Waals surface area contributed by atoms with Gasteiger partial charge in [-0.25, -0.2) is 4.18 Å². The summed E-state index contributed by atoms with van der Waals surface area (Å²) in [5.74, 6) is -2.81. The molecular weight excluding hydrogens is 1060 g/mol. The summed E-state index contributed by atoms with van der Waals surface area (Å²) in [6.07, 6.45) is -19.4. The van der Waals surface area contributed by atoms with Crippen molar-refractivity contribution in [3.63, 3.8) is 0 Å². The highest BCUT2D eigenvalue weighted by Gasteiger charge is 2.56. The van der Waals surface area contributed by atoms with Crippen LogP contribution in [0.3, 0.4) is 0 Å². The van der Waals surface area contributed by atoms with Gasteiger partial charge < -0.3 is 105 Å². The van der Waals surface area contributed by atoms with Gasteiger partial charge in [-0.2, -0.15) is 8.42 Å². The lowest BCUT2D eigenvalue weighted by atomic mass is 9.93. The largest absolute Gasteiger partial charge is 0.494 e. The fourth-order valence-corrected chi connectivity index (χ4v) is 9.95. The number of carbonyl (C=O) groups excluding carboxylic acids is 4. The predicted octanol–water partition coefficient (Wildman–Crippen LogP) is -4.14. The summed E-state index contributed by atoms with van der Waals surface area (Å²) in [5.41, 5.74) is 0.0727. The second-order valence-corrected chi connectivity index (χ2v) is 20.7. The molecule has 4 heterocycles. The molecule has 4 aliphatic heterocycles. The Balaban J connectivity index is 1.34. The molecule has 0 radical (unpaired) electrons. The number of aliphatic hydroxyl groups is 9. The zero-order valence-electron chi connectivity index (χ0n) is 43.8. The van der Waals surface area contributed by atoms with Gasteiger partial charge in [0.2, 0.25) is 17.7 Å². The number of amides is 4. The summed E-state index contributed by atoms with van der Waals surface area (Å²) >= 11 is 0. The van der Waals surface area contributed by atoms with E-state index >= 15 is 0 Å². The molecule has 1 aromatic carbocycles. The van der Waals surface area contributed by atoms with E-state index in [1.807, 2.05) is 0 Å². The topological polar surface area (TPSA) is 436 Å². The Kier molecular flexibility index (Phi) is 25.7. The molecule has 5 rings (SSSR count). The lowest BCUT2D eigenvalue weighted by molar-refractivity contribution is -0.361. The van der Waals surface area contributed by atoms with Crippen molar-refractivity contribution in [2.24, 2.45) is 0 Å². The van der Waals surface area contributed by atoms with Crippen molar-refractivity contribution in [1.82, 2.24) is 21.3 Å². The van der Waals surface area contributed by atoms with Gasteiger partial charge in [-0.1, -0.05) is 64.4 Å². The molecule has 10 unspecified atom stereocenters. The number of hydrogen-bond acceptors (Lipinski definition) is 24. The molecule has 0 aliphatic carbocycles. The standard InChI is InChI=1S/C48H78N4O25S/c1-5-6-7-8-9-10-11-12-13-17-69-27-16-14-15-26(18-27)44(64)52-33-37(60)36(59)28(19-53)72-46(33)75-41-29(20-54)73-47(34(39(41)62)50-24(3)57)76-42-30(21-55)74-48(35(40(42)63)51-25(4)58)77-43-31(22-70-78(66,67)68)71-45(65)32(38(43)61)49-23(2)56/h14-16,18,28-43,45-48,53-55,59-63,65H,5-13,17,19-22H2,1-4H3,(H,49,56)(H,50,57)(H,51,58)(H,52,64)(H,66,67,68)/t28?,29-,30?,31-,32?,33?,34?,35-,36+,37+,38?,39?,40+,41+,42?,43+,45?,46-,47?,48-/m0/s1. The number of ether oxygens (including phenoxy) is 8. The number of nitrogens with one attached hydrogen (secondary N) is 4. The molecule has 4 saturated heterocycles. The van der Waals surface area contributed by atoms with E-state index in [2.05, 4.69) is 32.4 Å². The molecule has 78 heavy (non-hydrogen) atoms. The van der Waals surface area contributed by atoms with Gasteiger partial charge >= 0.3 is 10.4 Å². The zero-order chi connectivity index (χ0) is 57.4. The van der Waals surface area contributed by atoms with Gasteiger partial charge in [-0.3, -0.25) is 23.7 Å². The maximum Gasteiger partial charge on any atom is 0.397 e. The summed E-state index contributed by atoms with van der Waals surface area (Å²) in [7, 11) is -5.16. The average molecular weight is 1140 g/mol. The van der Waals surface area contributed by atoms with Crippen LogP contribution in [0, 0.1) is 0 Å². The quantitative estimate of drug-likeness (QED) is 0.0280. The minimum absolute atomic E-state index is 0.0727. The monoisotopic (exact) mass is 1140 g/mol. The van der Waals surface area contributed by atoms with E-state index in [9.17, 15) is 78.1 Å². The van der Waals surface area contributed by atoms with Crippen LogP contribution in [0.2, 0.25) is 0 Å². The Morgan fingerprint density at radius 3 is 1.46 bits per heavy atom. The Morgan fingerprint density at radius 2 is 0.987 bits per heavy atom. The van der Waals surface area contributed by atoms with E-state index < -0.39 is 183 Å². The number of aliphatic hydroxyl groups excluding tert-OH is 9. The normalized spacial score (nSPS) is 35.3. The smallest absolute Gasteiger partial charge is 0.397 e. The molecule has 0 aromatic heterocycles. The van der Waals surface area contributed by atoms with Crippen LogP contribution >= 0.6 is 0 Å². The second-order valence-electron chi connectivity index (χ2n) is 19.6. The van der Waals surface area contributed by atoms with E-state index in [0.717, 1.165) is 46.5 Å². The van der Waals surface area contributed by atoms with Gasteiger partial charge in [0.05, 0.1) is 33.0 Å². The van der Waals surface area contributed by atoms with E-state index in [4.69, 9.17) is 37.9 Å². The van der Waals surface area contributed by atoms with E-state index in [1.54, 1.807) is 12.1 Å². The lowest BCUT2D eigenvalue weighted by Gasteiger charge is -2.51. The van der Waals surface area contributed by atoms with Crippen molar-refractivity contribution in [3.8, 4) is 5.75 Å². The molecule has 0 saturated carbocycles. The van der Waals surface area contributed by atoms with Crippen LogP contribution in [-0.4, -0.2) is 238 Å². The number of benzene rings is 1. The van der Waals surface area contributed by atoms with Crippen LogP contribution in [0.5, 0.6) is 5.75 Å². The lowest BCUT2D eigenvalue weighted by Crippen LogP contribution is -2.71. The molecule has 14 N–H and O–H groups in total. The summed E-state index contributed by atoms with van der Waals surface area (Å²) in [6, 6.07) is -0.593. The van der Waals surface area contributed by atoms with Crippen molar-refractivity contribution in [1.29, 1.82) is 0 Å². The Labute approximate surface area is 451 Å². The Morgan fingerprint density at radius 1 is 0.551 bits per heavy atom. The SMILES string of the molecule is CCCCCCCCCCCOc1cccc(C(=O)NC2[C@H](O[C@H]3C(O)C(NC(C)=O)C(OC4C(CO)O[C@@H](O[C@H]5C(O)C(NC(C)=O)C(O)O[C@H]5COS(=O)(=O)O)[C@@H](NC(C)=O)[C@H]4O)O[C@H]3CO)OC(CO)[C@@H](O)[C@@H]2O)c1. The van der Waals surface area contributed by atoms with E-state index in [1.165, 1.54) is 44.2 Å². The molecule has 29 nitrogen and oxygen atoms in total. The second kappa shape index (κ2) is 30.8. The van der Waals surface area contributed by atoms with Crippen LogP contribution in [-0.2, 0) is 62.1 Å². The van der Waals surface area contributed by atoms with Crippen LogP contribution in [0.25, 0.3) is 0 Å². The van der Waals surface area contributed by atoms with Crippen molar-refractivity contribution in [3.05, 3.63) is 29.8 Å². The van der Waals surface area contributed by atoms with Gasteiger partial charge in [0.25, 0.3) is 5.91 Å². The van der Waals surface area contributed by atoms with E-state index in [0.29, 0.717) is 12.4 Å². The molecule has 0 spiro atoms. The molecule has 446 valence electrons. The van der Waals surface area contributed by atoms with Crippen LogP contribution in [0.15, 0.2) is 24.3 Å². The first-order valence-corrected chi connectivity index (χ1v) is 27.3. The van der Waals surface area contributed by atoms with Gasteiger partial charge in [-0.15, -0.1) is 0 Å². The molecule has 1 aromatic rings. The average Bonchev–Trinajstić information content (AvgIpc) is 3.47. The highest BCUT2D eigenvalue weighted by molar-refractivity contribution is 7.80. The highest BCUT2D eigenvalue weighted by atomic mass is 32.3. The number of hydrogen-bond donors (Lipinski definition) is 14. The van der Waals surface area contributed by atoms with Crippen LogP contribution < -0.4 is 26.0 Å². The molecule has 0 bridgehead atoms.